The summed E-state index contributed by atoms with van der Waals surface area (Å²) in [5.74, 6) is -3.07. The molecule has 100 valence electrons. The van der Waals surface area contributed by atoms with Crippen molar-refractivity contribution >= 4 is 5.69 Å². The lowest BCUT2D eigenvalue weighted by molar-refractivity contribution is 0.496. The molecule has 0 aliphatic carbocycles. The SMILES string of the molecule is Cc1ccccc1C(C)Nc1cc(F)cc(F)c1F. The second-order valence-corrected chi connectivity index (χ2v) is 4.47. The summed E-state index contributed by atoms with van der Waals surface area (Å²) in [6.07, 6.45) is 0. The highest BCUT2D eigenvalue weighted by atomic mass is 19.2. The van der Waals surface area contributed by atoms with Crippen molar-refractivity contribution < 1.29 is 13.2 Å². The fraction of sp³-hybridized carbons (Fsp3) is 0.200. The molecule has 0 amide bonds. The molecule has 1 atom stereocenters. The van der Waals surface area contributed by atoms with Crippen LogP contribution in [0.3, 0.4) is 0 Å². The van der Waals surface area contributed by atoms with E-state index in [-0.39, 0.29) is 11.7 Å². The first-order chi connectivity index (χ1) is 8.99. The van der Waals surface area contributed by atoms with Crippen LogP contribution in [0.5, 0.6) is 0 Å². The number of nitrogens with one attached hydrogen (secondary N) is 1. The van der Waals surface area contributed by atoms with Crippen LogP contribution in [0.2, 0.25) is 0 Å². The Labute approximate surface area is 110 Å². The number of hydrogen-bond acceptors (Lipinski definition) is 1. The molecule has 2 rings (SSSR count). The average molecular weight is 265 g/mol. The highest BCUT2D eigenvalue weighted by Gasteiger charge is 2.14. The fourth-order valence-corrected chi connectivity index (χ4v) is 2.04. The van der Waals surface area contributed by atoms with Gasteiger partial charge in [0.05, 0.1) is 5.69 Å². The summed E-state index contributed by atoms with van der Waals surface area (Å²) in [4.78, 5) is 0. The Morgan fingerprint density at radius 1 is 1.05 bits per heavy atom. The van der Waals surface area contributed by atoms with Crippen molar-refractivity contribution in [2.45, 2.75) is 19.9 Å². The summed E-state index contributed by atoms with van der Waals surface area (Å²) < 4.78 is 39.8. The Hall–Kier alpha value is -1.97. The van der Waals surface area contributed by atoms with E-state index in [1.165, 1.54) is 0 Å². The van der Waals surface area contributed by atoms with Crippen LogP contribution < -0.4 is 5.32 Å². The molecule has 0 bridgehead atoms. The number of rotatable bonds is 3. The van der Waals surface area contributed by atoms with E-state index in [9.17, 15) is 13.2 Å². The van der Waals surface area contributed by atoms with Gasteiger partial charge in [-0.2, -0.15) is 0 Å². The minimum atomic E-state index is -1.19. The lowest BCUT2D eigenvalue weighted by atomic mass is 10.0. The summed E-state index contributed by atoms with van der Waals surface area (Å²) in [5.41, 5.74) is 1.81. The molecule has 1 N–H and O–H groups in total. The lowest BCUT2D eigenvalue weighted by Gasteiger charge is -2.18. The monoisotopic (exact) mass is 265 g/mol. The molecule has 0 radical (unpaired) electrons. The lowest BCUT2D eigenvalue weighted by Crippen LogP contribution is -2.10. The second-order valence-electron chi connectivity index (χ2n) is 4.47. The van der Waals surface area contributed by atoms with Gasteiger partial charge in [-0.25, -0.2) is 13.2 Å². The topological polar surface area (TPSA) is 12.0 Å². The molecule has 1 unspecified atom stereocenters. The Morgan fingerprint density at radius 3 is 2.42 bits per heavy atom. The van der Waals surface area contributed by atoms with Gasteiger partial charge in [0.2, 0.25) is 0 Å². The average Bonchev–Trinajstić information content (AvgIpc) is 2.35. The Balaban J connectivity index is 2.29. The number of aryl methyl sites for hydroxylation is 1. The van der Waals surface area contributed by atoms with E-state index in [0.29, 0.717) is 6.07 Å². The van der Waals surface area contributed by atoms with E-state index in [2.05, 4.69) is 5.32 Å². The molecule has 0 saturated heterocycles. The molecular weight excluding hydrogens is 251 g/mol. The van der Waals surface area contributed by atoms with Crippen LogP contribution in [0, 0.1) is 24.4 Å². The van der Waals surface area contributed by atoms with Crippen LogP contribution in [0.1, 0.15) is 24.1 Å². The van der Waals surface area contributed by atoms with Gasteiger partial charge in [-0.15, -0.1) is 0 Å². The molecular formula is C15H14F3N. The molecule has 4 heteroatoms. The van der Waals surface area contributed by atoms with E-state index in [0.717, 1.165) is 17.2 Å². The fourth-order valence-electron chi connectivity index (χ4n) is 2.04. The van der Waals surface area contributed by atoms with E-state index < -0.39 is 17.5 Å². The molecule has 19 heavy (non-hydrogen) atoms. The third kappa shape index (κ3) is 2.89. The first kappa shape index (κ1) is 13.5. The molecule has 1 nitrogen and oxygen atoms in total. The summed E-state index contributed by atoms with van der Waals surface area (Å²) in [7, 11) is 0. The van der Waals surface area contributed by atoms with Gasteiger partial charge in [0, 0.05) is 18.2 Å². The van der Waals surface area contributed by atoms with Crippen LogP contribution in [-0.2, 0) is 0 Å². The number of anilines is 1. The standard InChI is InChI=1S/C15H14F3N/c1-9-5-3-4-6-12(9)10(2)19-14-8-11(16)7-13(17)15(14)18/h3-8,10,19H,1-2H3. The first-order valence-electron chi connectivity index (χ1n) is 5.95. The van der Waals surface area contributed by atoms with Gasteiger partial charge in [0.1, 0.15) is 5.82 Å². The third-order valence-corrected chi connectivity index (χ3v) is 3.02. The smallest absolute Gasteiger partial charge is 0.182 e. The Bertz CT molecular complexity index is 596. The number of benzene rings is 2. The quantitative estimate of drug-likeness (QED) is 0.801. The minimum Gasteiger partial charge on any atom is -0.376 e. The molecule has 2 aromatic carbocycles. The van der Waals surface area contributed by atoms with Crippen molar-refractivity contribution in [3.63, 3.8) is 0 Å². The van der Waals surface area contributed by atoms with Gasteiger partial charge in [-0.3, -0.25) is 0 Å². The molecule has 2 aromatic rings. The van der Waals surface area contributed by atoms with Crippen molar-refractivity contribution in [3.8, 4) is 0 Å². The van der Waals surface area contributed by atoms with Crippen LogP contribution in [-0.4, -0.2) is 0 Å². The summed E-state index contributed by atoms with van der Waals surface area (Å²) in [6.45, 7) is 3.74. The van der Waals surface area contributed by atoms with Crippen molar-refractivity contribution in [3.05, 3.63) is 65.0 Å². The highest BCUT2D eigenvalue weighted by Crippen LogP contribution is 2.25. The van der Waals surface area contributed by atoms with E-state index in [1.54, 1.807) is 0 Å². The third-order valence-electron chi connectivity index (χ3n) is 3.02. The van der Waals surface area contributed by atoms with Crippen LogP contribution >= 0.6 is 0 Å². The van der Waals surface area contributed by atoms with Crippen LogP contribution in [0.4, 0.5) is 18.9 Å². The summed E-state index contributed by atoms with van der Waals surface area (Å²) in [6, 6.07) is 8.80. The largest absolute Gasteiger partial charge is 0.376 e. The van der Waals surface area contributed by atoms with Crippen molar-refractivity contribution in [1.82, 2.24) is 0 Å². The molecule has 0 heterocycles. The predicted molar refractivity (Wildman–Crippen MR) is 69.5 cm³/mol. The first-order valence-corrected chi connectivity index (χ1v) is 5.95. The number of hydrogen-bond donors (Lipinski definition) is 1. The zero-order valence-electron chi connectivity index (χ0n) is 10.7. The maximum absolute atomic E-state index is 13.6. The van der Waals surface area contributed by atoms with E-state index in [1.807, 2.05) is 38.1 Å². The predicted octanol–water partition coefficient (Wildman–Crippen LogP) is 4.59. The number of halogens is 3. The summed E-state index contributed by atoms with van der Waals surface area (Å²) >= 11 is 0. The van der Waals surface area contributed by atoms with E-state index in [4.69, 9.17) is 0 Å². The van der Waals surface area contributed by atoms with Crippen LogP contribution in [0.25, 0.3) is 0 Å². The molecule has 0 aliphatic rings. The van der Waals surface area contributed by atoms with Crippen molar-refractivity contribution in [1.29, 1.82) is 0 Å². The van der Waals surface area contributed by atoms with Crippen LogP contribution in [0.15, 0.2) is 36.4 Å². The zero-order valence-corrected chi connectivity index (χ0v) is 10.7. The Kier molecular flexibility index (Phi) is 3.79. The van der Waals surface area contributed by atoms with Crippen molar-refractivity contribution in [2.75, 3.05) is 5.32 Å². The molecule has 0 aliphatic heterocycles. The van der Waals surface area contributed by atoms with Gasteiger partial charge in [0.25, 0.3) is 0 Å². The second kappa shape index (κ2) is 5.34. The summed E-state index contributed by atoms with van der Waals surface area (Å²) in [5, 5.41) is 2.79. The molecule has 0 spiro atoms. The molecule has 0 fully saturated rings. The zero-order chi connectivity index (χ0) is 14.0. The van der Waals surface area contributed by atoms with Crippen molar-refractivity contribution in [2.24, 2.45) is 0 Å². The van der Waals surface area contributed by atoms with Gasteiger partial charge in [-0.1, -0.05) is 24.3 Å². The van der Waals surface area contributed by atoms with Gasteiger partial charge in [0.15, 0.2) is 11.6 Å². The molecule has 0 saturated carbocycles. The minimum absolute atomic E-state index is 0.173. The highest BCUT2D eigenvalue weighted by molar-refractivity contribution is 5.48. The Morgan fingerprint density at radius 2 is 1.74 bits per heavy atom. The maximum Gasteiger partial charge on any atom is 0.182 e. The van der Waals surface area contributed by atoms with Gasteiger partial charge >= 0.3 is 0 Å². The molecule has 0 aromatic heterocycles. The van der Waals surface area contributed by atoms with E-state index >= 15 is 0 Å². The normalized spacial score (nSPS) is 12.3. The van der Waals surface area contributed by atoms with Gasteiger partial charge < -0.3 is 5.32 Å². The van der Waals surface area contributed by atoms with Gasteiger partial charge in [-0.05, 0) is 25.0 Å². The maximum atomic E-state index is 13.6.